The summed E-state index contributed by atoms with van der Waals surface area (Å²) in [5.74, 6) is -13.0. The Balaban J connectivity index is 1.16. The number of alkyl halides is 5. The predicted molar refractivity (Wildman–Crippen MR) is 363 cm³/mol. The first kappa shape index (κ1) is 80.0. The summed E-state index contributed by atoms with van der Waals surface area (Å²) < 4.78 is 72.3. The number of likely N-dealkylation sites (tertiary alicyclic amines) is 1. The lowest BCUT2D eigenvalue weighted by atomic mass is 9.76. The van der Waals surface area contributed by atoms with E-state index in [9.17, 15) is 46.7 Å². The third-order valence-electron chi connectivity index (χ3n) is 24.0. The zero-order valence-corrected chi connectivity index (χ0v) is 61.0. The molecule has 0 aromatic carbocycles. The van der Waals surface area contributed by atoms with Crippen molar-refractivity contribution in [1.82, 2.24) is 60.0 Å². The fourth-order valence-corrected chi connectivity index (χ4v) is 17.3. The first-order valence-electron chi connectivity index (χ1n) is 37.4. The maximum Gasteiger partial charge on any atom is 0.397 e. The Bertz CT molecular complexity index is 2960. The molecule has 3 saturated heterocycles. The molecule has 10 atom stereocenters. The molecule has 0 aromatic rings. The topological polar surface area (TPSA) is 270 Å². The monoisotopic (exact) mass is 1430 g/mol. The summed E-state index contributed by atoms with van der Waals surface area (Å²) >= 11 is 0. The standard InChI is InChI=1S/C72H113F5N12O12/c1-10-44(2)60-68(99)83(5)42-57(92)81(3)43-58(93)84(6)53(39-45-23-13-11-14-24-45)66(97)82(4)41-55(90)78-51(31-30-46-37-49(73)59(50(74)38-46)72(75,76)77)65(96)89-36-22-29-52(89)63(94)80-71(32-17-18-33-71)70(101)87(9)62(48-25-15-12-16-26-48)69(100)85(7)54(67(98)88-34-19-20-35-88)40-56(91)86(8)61(64(95)79-60)47-27-21-28-47/h44-54,59-62H,10-43H2,1-9H3,(H,78,90)(H,79,95)(H,80,94)/t44-,46?,49?,50?,51-,52-,53-,54-,59?,60-,61-,62-/m0/s1. The second kappa shape index (κ2) is 35.2. The number of nitrogens with one attached hydrogen (secondary N) is 3. The molecule has 2 unspecified atom stereocenters. The van der Waals surface area contributed by atoms with Crippen molar-refractivity contribution >= 4 is 70.9 Å². The molecule has 5 saturated carbocycles. The molecule has 8 fully saturated rings. The number of carbonyl (C=O) groups is 12. The molecule has 24 nitrogen and oxygen atoms in total. The van der Waals surface area contributed by atoms with Gasteiger partial charge in [0.2, 0.25) is 70.9 Å². The first-order chi connectivity index (χ1) is 47.8. The number of hydrogen-bond acceptors (Lipinski definition) is 12. The van der Waals surface area contributed by atoms with E-state index in [0.29, 0.717) is 70.9 Å². The first-order valence-corrected chi connectivity index (χ1v) is 37.4. The van der Waals surface area contributed by atoms with E-state index in [1.807, 2.05) is 6.92 Å². The summed E-state index contributed by atoms with van der Waals surface area (Å²) in [6, 6.07) is -8.85. The maximum atomic E-state index is 15.8. The SMILES string of the molecule is CC[C@H](C)[C@@H]1NC(=O)[C@H](C2CCC2)N(C)C(=O)C[C@@H](C(=O)N2CCCC2)N(C)C(=O)[C@H](C2CCCCC2)N(C)C(=O)C2(CCCC2)NC(=O)[C@@H]2CCCN2C(=O)[C@H](CCC2CC(F)C(C(F)(F)F)C(F)C2)NC(=O)CN(C)C(=O)[C@H](CC2CCCCC2)N(C)C(=O)CN(C)C(=O)CN(C)C1=O. The Hall–Kier alpha value is -6.71. The quantitative estimate of drug-likeness (QED) is 0.228. The van der Waals surface area contributed by atoms with Crippen molar-refractivity contribution in [2.24, 2.45) is 35.5 Å². The minimum Gasteiger partial charge on any atom is -0.343 e. The van der Waals surface area contributed by atoms with Crippen molar-refractivity contribution in [2.45, 2.75) is 260 Å². The highest BCUT2D eigenvalue weighted by Crippen LogP contribution is 2.45. The number of amides is 12. The Kier molecular flexibility index (Phi) is 27.9. The zero-order valence-electron chi connectivity index (χ0n) is 61.0. The van der Waals surface area contributed by atoms with Gasteiger partial charge in [-0.25, -0.2) is 8.78 Å². The van der Waals surface area contributed by atoms with Gasteiger partial charge in [-0.3, -0.25) is 57.5 Å². The van der Waals surface area contributed by atoms with Gasteiger partial charge >= 0.3 is 6.18 Å². The summed E-state index contributed by atoms with van der Waals surface area (Å²) in [4.78, 5) is 191. The van der Waals surface area contributed by atoms with Crippen LogP contribution in [0.25, 0.3) is 0 Å². The highest BCUT2D eigenvalue weighted by molar-refractivity contribution is 6.01. The van der Waals surface area contributed by atoms with Crippen LogP contribution in [-0.4, -0.2) is 270 Å². The van der Waals surface area contributed by atoms with Crippen molar-refractivity contribution in [3.8, 4) is 0 Å². The lowest BCUT2D eigenvalue weighted by Crippen LogP contribution is -2.65. The van der Waals surface area contributed by atoms with Crippen LogP contribution >= 0.6 is 0 Å². The second-order valence-electron chi connectivity index (χ2n) is 31.0. The molecule has 101 heavy (non-hydrogen) atoms. The number of hydrogen-bond donors (Lipinski definition) is 3. The van der Waals surface area contributed by atoms with Gasteiger partial charge in [0.05, 0.1) is 26.1 Å². The summed E-state index contributed by atoms with van der Waals surface area (Å²) in [5.41, 5.74) is -1.60. The van der Waals surface area contributed by atoms with Gasteiger partial charge in [0, 0.05) is 69.0 Å². The van der Waals surface area contributed by atoms with Crippen LogP contribution in [0.4, 0.5) is 22.0 Å². The van der Waals surface area contributed by atoms with Crippen LogP contribution in [0.3, 0.4) is 0 Å². The largest absolute Gasteiger partial charge is 0.397 e. The second-order valence-corrected chi connectivity index (χ2v) is 31.0. The molecular weight excluding hydrogens is 1320 g/mol. The van der Waals surface area contributed by atoms with Gasteiger partial charge in [-0.15, -0.1) is 0 Å². The Labute approximate surface area is 592 Å². The minimum absolute atomic E-state index is 0.00885. The van der Waals surface area contributed by atoms with E-state index in [1.165, 1.54) is 73.8 Å². The molecule has 568 valence electrons. The van der Waals surface area contributed by atoms with Crippen LogP contribution in [-0.2, 0) is 57.5 Å². The van der Waals surface area contributed by atoms with E-state index in [4.69, 9.17) is 0 Å². The fraction of sp³-hybridized carbons (Fsp3) is 0.833. The molecule has 8 aliphatic rings. The highest BCUT2D eigenvalue weighted by atomic mass is 19.4. The summed E-state index contributed by atoms with van der Waals surface area (Å²) in [7, 11) is 9.93. The molecule has 8 rings (SSSR count). The van der Waals surface area contributed by atoms with Crippen molar-refractivity contribution < 1.29 is 79.5 Å². The number of nitrogens with zero attached hydrogens (tertiary/aromatic N) is 9. The average Bonchev–Trinajstić information content (AvgIpc) is 1.73. The molecule has 0 bridgehead atoms. The highest BCUT2D eigenvalue weighted by Gasteiger charge is 2.55. The lowest BCUT2D eigenvalue weighted by Gasteiger charge is -2.43. The Morgan fingerprint density at radius 1 is 0.545 bits per heavy atom. The van der Waals surface area contributed by atoms with E-state index in [1.54, 1.807) is 11.8 Å². The van der Waals surface area contributed by atoms with E-state index in [2.05, 4.69) is 16.0 Å². The summed E-state index contributed by atoms with van der Waals surface area (Å²) in [6.45, 7) is 2.55. The molecule has 3 heterocycles. The van der Waals surface area contributed by atoms with Crippen molar-refractivity contribution in [2.75, 3.05) is 88.6 Å². The molecule has 0 radical (unpaired) electrons. The molecule has 5 aliphatic carbocycles. The third kappa shape index (κ3) is 19.2. The van der Waals surface area contributed by atoms with Crippen LogP contribution in [0.15, 0.2) is 0 Å². The lowest BCUT2D eigenvalue weighted by molar-refractivity contribution is -0.219. The van der Waals surface area contributed by atoms with E-state index < -0.39 is 200 Å². The number of halogens is 5. The van der Waals surface area contributed by atoms with E-state index in [-0.39, 0.29) is 63.3 Å². The molecular formula is C72H113F5N12O12. The predicted octanol–water partition coefficient (Wildman–Crippen LogP) is 5.53. The molecule has 0 aromatic heterocycles. The van der Waals surface area contributed by atoms with Crippen LogP contribution in [0.1, 0.15) is 194 Å². The summed E-state index contributed by atoms with van der Waals surface area (Å²) in [6.07, 6.45) is 0.383. The third-order valence-corrected chi connectivity index (χ3v) is 24.0. The van der Waals surface area contributed by atoms with Crippen molar-refractivity contribution in [3.05, 3.63) is 0 Å². The van der Waals surface area contributed by atoms with Gasteiger partial charge in [-0.1, -0.05) is 90.9 Å². The van der Waals surface area contributed by atoms with E-state index in [0.717, 1.165) is 72.5 Å². The van der Waals surface area contributed by atoms with Gasteiger partial charge < -0.3 is 60.0 Å². The Morgan fingerprint density at radius 3 is 1.70 bits per heavy atom. The molecule has 12 amide bonds. The van der Waals surface area contributed by atoms with Crippen LogP contribution in [0.5, 0.6) is 0 Å². The summed E-state index contributed by atoms with van der Waals surface area (Å²) in [5, 5.41) is 8.68. The maximum absolute atomic E-state index is 15.8. The van der Waals surface area contributed by atoms with Gasteiger partial charge in [-0.05, 0) is 126 Å². The molecule has 29 heteroatoms. The minimum atomic E-state index is -5.15. The molecule has 3 aliphatic heterocycles. The van der Waals surface area contributed by atoms with E-state index >= 15 is 32.8 Å². The fourth-order valence-electron chi connectivity index (χ4n) is 17.3. The van der Waals surface area contributed by atoms with Gasteiger partial charge in [0.1, 0.15) is 66.1 Å². The van der Waals surface area contributed by atoms with Gasteiger partial charge in [0.25, 0.3) is 0 Å². The smallest absolute Gasteiger partial charge is 0.343 e. The van der Waals surface area contributed by atoms with Crippen LogP contribution in [0, 0.1) is 35.5 Å². The number of likely N-dealkylation sites (N-methyl/N-ethyl adjacent to an activating group) is 7. The van der Waals surface area contributed by atoms with Crippen molar-refractivity contribution in [3.63, 3.8) is 0 Å². The van der Waals surface area contributed by atoms with Gasteiger partial charge in [-0.2, -0.15) is 13.2 Å². The average molecular weight is 1430 g/mol. The number of carbonyl (C=O) groups excluding carboxylic acids is 12. The van der Waals surface area contributed by atoms with Crippen LogP contribution < -0.4 is 16.0 Å². The van der Waals surface area contributed by atoms with Gasteiger partial charge in [0.15, 0.2) is 0 Å². The number of rotatable bonds is 10. The zero-order chi connectivity index (χ0) is 73.9. The van der Waals surface area contributed by atoms with Crippen molar-refractivity contribution in [1.29, 1.82) is 0 Å². The molecule has 3 N–H and O–H groups in total. The Morgan fingerprint density at radius 2 is 1.12 bits per heavy atom. The molecule has 1 spiro atoms. The number of fused-ring (bicyclic) bond motifs is 1. The van der Waals surface area contributed by atoms with Crippen LogP contribution in [0.2, 0.25) is 0 Å². The normalized spacial score (nSPS) is 31.4.